The molecule has 2 rings (SSSR count). The summed E-state index contributed by atoms with van der Waals surface area (Å²) in [7, 11) is 0. The van der Waals surface area contributed by atoms with Gasteiger partial charge in [-0.25, -0.2) is 9.97 Å². The maximum Gasteiger partial charge on any atom is 0.188 e. The quantitative estimate of drug-likeness (QED) is 0.674. The van der Waals surface area contributed by atoms with Crippen molar-refractivity contribution in [3.63, 3.8) is 0 Å². The summed E-state index contributed by atoms with van der Waals surface area (Å²) in [4.78, 5) is 10.1. The molecule has 0 saturated heterocycles. The van der Waals surface area contributed by atoms with Gasteiger partial charge in [0.25, 0.3) is 0 Å². The number of rotatable bonds is 5. The van der Waals surface area contributed by atoms with Crippen LogP contribution in [-0.4, -0.2) is 16.0 Å². The van der Waals surface area contributed by atoms with Crippen LogP contribution in [0.2, 0.25) is 0 Å². The SMILES string of the molecule is CCC(N)C(Sc1ncc(C)cn1)c1sccc1C. The number of nitrogens with zero attached hydrogens (tertiary/aromatic N) is 2. The third kappa shape index (κ3) is 3.55. The van der Waals surface area contributed by atoms with Crippen LogP contribution in [0.3, 0.4) is 0 Å². The van der Waals surface area contributed by atoms with Crippen molar-refractivity contribution in [2.24, 2.45) is 5.73 Å². The first kappa shape index (κ1) is 14.5. The van der Waals surface area contributed by atoms with Gasteiger partial charge in [0.15, 0.2) is 5.16 Å². The van der Waals surface area contributed by atoms with Crippen LogP contribution in [-0.2, 0) is 0 Å². The summed E-state index contributed by atoms with van der Waals surface area (Å²) >= 11 is 3.43. The number of thioether (sulfide) groups is 1. The summed E-state index contributed by atoms with van der Waals surface area (Å²) in [5.41, 5.74) is 8.67. The van der Waals surface area contributed by atoms with E-state index in [0.29, 0.717) is 0 Å². The lowest BCUT2D eigenvalue weighted by molar-refractivity contribution is 0.636. The summed E-state index contributed by atoms with van der Waals surface area (Å²) < 4.78 is 0. The first-order chi connectivity index (χ1) is 9.11. The van der Waals surface area contributed by atoms with Crippen LogP contribution in [0.15, 0.2) is 29.0 Å². The number of aromatic nitrogens is 2. The lowest BCUT2D eigenvalue weighted by Gasteiger charge is -2.21. The van der Waals surface area contributed by atoms with Gasteiger partial charge in [0, 0.05) is 23.3 Å². The Morgan fingerprint density at radius 1 is 1.32 bits per heavy atom. The molecule has 2 heterocycles. The van der Waals surface area contributed by atoms with Gasteiger partial charge >= 0.3 is 0 Å². The maximum absolute atomic E-state index is 6.29. The van der Waals surface area contributed by atoms with Crippen molar-refractivity contribution in [3.05, 3.63) is 39.8 Å². The van der Waals surface area contributed by atoms with E-state index in [-0.39, 0.29) is 11.3 Å². The molecule has 0 fully saturated rings. The average Bonchev–Trinajstić information content (AvgIpc) is 2.83. The number of nitrogens with two attached hydrogens (primary N) is 1. The van der Waals surface area contributed by atoms with Crippen LogP contribution in [0.4, 0.5) is 0 Å². The van der Waals surface area contributed by atoms with E-state index in [9.17, 15) is 0 Å². The Kier molecular flexibility index (Phi) is 4.96. The van der Waals surface area contributed by atoms with Crippen molar-refractivity contribution in [1.29, 1.82) is 0 Å². The number of hydrogen-bond acceptors (Lipinski definition) is 5. The van der Waals surface area contributed by atoms with E-state index < -0.39 is 0 Å². The molecule has 0 aliphatic carbocycles. The summed E-state index contributed by atoms with van der Waals surface area (Å²) in [5.74, 6) is 0. The molecular formula is C14H19N3S2. The van der Waals surface area contributed by atoms with Gasteiger partial charge in [-0.05, 0) is 42.8 Å². The highest BCUT2D eigenvalue weighted by Gasteiger charge is 2.23. The van der Waals surface area contributed by atoms with Crippen molar-refractivity contribution < 1.29 is 0 Å². The fourth-order valence-corrected chi connectivity index (χ4v) is 4.19. The van der Waals surface area contributed by atoms with Gasteiger partial charge < -0.3 is 5.73 Å². The third-order valence-corrected chi connectivity index (χ3v) is 5.52. The lowest BCUT2D eigenvalue weighted by atomic mass is 10.1. The van der Waals surface area contributed by atoms with Crippen LogP contribution in [0, 0.1) is 13.8 Å². The number of thiophene rings is 1. The number of aryl methyl sites for hydroxylation is 2. The van der Waals surface area contributed by atoms with Crippen molar-refractivity contribution in [2.75, 3.05) is 0 Å². The Balaban J connectivity index is 2.24. The topological polar surface area (TPSA) is 51.8 Å². The Labute approximate surface area is 122 Å². The van der Waals surface area contributed by atoms with Crippen molar-refractivity contribution in [3.8, 4) is 0 Å². The molecule has 2 N–H and O–H groups in total. The van der Waals surface area contributed by atoms with Gasteiger partial charge in [0.05, 0.1) is 5.25 Å². The van der Waals surface area contributed by atoms with Gasteiger partial charge in [-0.15, -0.1) is 11.3 Å². The fraction of sp³-hybridized carbons (Fsp3) is 0.429. The second kappa shape index (κ2) is 6.50. The Morgan fingerprint density at radius 2 is 2.00 bits per heavy atom. The minimum atomic E-state index is 0.118. The van der Waals surface area contributed by atoms with E-state index in [1.165, 1.54) is 10.4 Å². The number of hydrogen-bond donors (Lipinski definition) is 1. The molecule has 2 unspecified atom stereocenters. The standard InChI is InChI=1S/C14H19N3S2/c1-4-11(15)13(12-10(3)5-6-18-12)19-14-16-7-9(2)8-17-14/h5-8,11,13H,4,15H2,1-3H3. The van der Waals surface area contributed by atoms with Crippen LogP contribution >= 0.6 is 23.1 Å². The highest BCUT2D eigenvalue weighted by molar-refractivity contribution is 7.99. The summed E-state index contributed by atoms with van der Waals surface area (Å²) in [6.07, 6.45) is 4.65. The minimum Gasteiger partial charge on any atom is -0.326 e. The van der Waals surface area contributed by atoms with E-state index in [1.54, 1.807) is 23.1 Å². The molecule has 0 aliphatic rings. The molecule has 19 heavy (non-hydrogen) atoms. The van der Waals surface area contributed by atoms with E-state index in [4.69, 9.17) is 5.73 Å². The minimum absolute atomic E-state index is 0.118. The molecule has 0 spiro atoms. The fourth-order valence-electron chi connectivity index (χ4n) is 1.78. The average molecular weight is 293 g/mol. The smallest absolute Gasteiger partial charge is 0.188 e. The lowest BCUT2D eigenvalue weighted by Crippen LogP contribution is -2.25. The molecule has 102 valence electrons. The van der Waals surface area contributed by atoms with E-state index in [0.717, 1.165) is 17.1 Å². The van der Waals surface area contributed by atoms with Gasteiger partial charge in [0.2, 0.25) is 0 Å². The van der Waals surface area contributed by atoms with Crippen molar-refractivity contribution in [2.45, 2.75) is 43.6 Å². The predicted molar refractivity (Wildman–Crippen MR) is 82.7 cm³/mol. The zero-order valence-electron chi connectivity index (χ0n) is 11.5. The Hall–Kier alpha value is -0.910. The highest BCUT2D eigenvalue weighted by atomic mass is 32.2. The predicted octanol–water partition coefficient (Wildman–Crippen LogP) is 3.73. The molecule has 0 bridgehead atoms. The Bertz CT molecular complexity index is 522. The third-order valence-electron chi connectivity index (χ3n) is 3.01. The first-order valence-electron chi connectivity index (χ1n) is 6.36. The van der Waals surface area contributed by atoms with E-state index in [2.05, 4.69) is 35.3 Å². The zero-order valence-corrected chi connectivity index (χ0v) is 13.1. The largest absolute Gasteiger partial charge is 0.326 e. The molecule has 3 nitrogen and oxygen atoms in total. The summed E-state index contributed by atoms with van der Waals surface area (Å²) in [5, 5.41) is 3.15. The Morgan fingerprint density at radius 3 is 2.53 bits per heavy atom. The molecule has 2 atom stereocenters. The van der Waals surface area contributed by atoms with Gasteiger partial charge in [-0.3, -0.25) is 0 Å². The molecule has 5 heteroatoms. The van der Waals surface area contributed by atoms with Crippen LogP contribution < -0.4 is 5.73 Å². The summed E-state index contributed by atoms with van der Waals surface area (Å²) in [6.45, 7) is 6.25. The van der Waals surface area contributed by atoms with Crippen LogP contribution in [0.25, 0.3) is 0 Å². The monoisotopic (exact) mass is 293 g/mol. The zero-order chi connectivity index (χ0) is 13.8. The first-order valence-corrected chi connectivity index (χ1v) is 8.12. The van der Waals surface area contributed by atoms with Crippen molar-refractivity contribution in [1.82, 2.24) is 9.97 Å². The molecule has 0 amide bonds. The summed E-state index contributed by atoms with van der Waals surface area (Å²) in [6, 6.07) is 2.26. The second-order valence-corrected chi connectivity index (χ2v) is 6.68. The molecule has 0 saturated carbocycles. The van der Waals surface area contributed by atoms with Crippen LogP contribution in [0.5, 0.6) is 0 Å². The van der Waals surface area contributed by atoms with E-state index in [1.807, 2.05) is 19.3 Å². The van der Waals surface area contributed by atoms with Crippen molar-refractivity contribution >= 4 is 23.1 Å². The van der Waals surface area contributed by atoms with Gasteiger partial charge in [-0.2, -0.15) is 0 Å². The van der Waals surface area contributed by atoms with Crippen LogP contribution in [0.1, 0.15) is 34.6 Å². The van der Waals surface area contributed by atoms with Gasteiger partial charge in [-0.1, -0.05) is 18.7 Å². The molecular weight excluding hydrogens is 274 g/mol. The second-order valence-electron chi connectivity index (χ2n) is 4.62. The molecule has 2 aromatic heterocycles. The molecule has 2 aromatic rings. The normalized spacial score (nSPS) is 14.3. The highest BCUT2D eigenvalue weighted by Crippen LogP contribution is 2.40. The van der Waals surface area contributed by atoms with Gasteiger partial charge in [0.1, 0.15) is 0 Å². The molecule has 0 radical (unpaired) electrons. The van der Waals surface area contributed by atoms with E-state index >= 15 is 0 Å². The molecule has 0 aromatic carbocycles. The maximum atomic E-state index is 6.29. The molecule has 0 aliphatic heterocycles.